The van der Waals surface area contributed by atoms with Crippen molar-refractivity contribution in [3.05, 3.63) is 57.3 Å². The maximum absolute atomic E-state index is 12.5. The third-order valence-corrected chi connectivity index (χ3v) is 3.57. The number of pyridine rings is 2. The molecule has 23 heavy (non-hydrogen) atoms. The molecule has 0 fully saturated rings. The fourth-order valence-corrected chi connectivity index (χ4v) is 2.56. The minimum absolute atomic E-state index is 0.304. The number of carbonyl (C=O) groups excluding carboxylic acids is 1. The van der Waals surface area contributed by atoms with Crippen molar-refractivity contribution in [2.75, 3.05) is 0 Å². The van der Waals surface area contributed by atoms with Gasteiger partial charge in [-0.15, -0.1) is 0 Å². The zero-order valence-electron chi connectivity index (χ0n) is 13.2. The van der Waals surface area contributed by atoms with Gasteiger partial charge in [-0.25, -0.2) is 4.98 Å². The number of rotatable bonds is 3. The molecule has 0 aliphatic rings. The molecule has 0 aliphatic heterocycles. The van der Waals surface area contributed by atoms with Crippen LogP contribution in [-0.4, -0.2) is 25.7 Å². The molecule has 3 aromatic rings. The highest BCUT2D eigenvalue weighted by Crippen LogP contribution is 2.14. The average molecular weight is 311 g/mol. The summed E-state index contributed by atoms with van der Waals surface area (Å²) in [6, 6.07) is 3.58. The van der Waals surface area contributed by atoms with Crippen LogP contribution in [0.4, 0.5) is 0 Å². The molecule has 7 heteroatoms. The standard InChI is InChI=1S/C16H17N5O2/c1-9-4-11(7-17-6-9)8-18-15(22)12-5-10(2)19-14-13(12)16(23)20-21(14)3/h4-7H,8H2,1-3H3,(H,18,22)(H,20,23). The summed E-state index contributed by atoms with van der Waals surface area (Å²) in [6.07, 6.45) is 3.46. The lowest BCUT2D eigenvalue weighted by molar-refractivity contribution is 0.0952. The van der Waals surface area contributed by atoms with Crippen LogP contribution in [0.2, 0.25) is 0 Å². The molecule has 0 radical (unpaired) electrons. The summed E-state index contributed by atoms with van der Waals surface area (Å²) in [5, 5.41) is 5.76. The molecule has 0 spiro atoms. The van der Waals surface area contributed by atoms with Gasteiger partial charge in [0.05, 0.1) is 10.9 Å². The van der Waals surface area contributed by atoms with Crippen LogP contribution in [-0.2, 0) is 13.6 Å². The van der Waals surface area contributed by atoms with Gasteiger partial charge in [0.1, 0.15) is 0 Å². The van der Waals surface area contributed by atoms with Gasteiger partial charge in [-0.3, -0.25) is 24.4 Å². The summed E-state index contributed by atoms with van der Waals surface area (Å²) in [5.41, 5.74) is 3.08. The van der Waals surface area contributed by atoms with E-state index in [4.69, 9.17) is 0 Å². The van der Waals surface area contributed by atoms with Gasteiger partial charge in [0.2, 0.25) is 0 Å². The summed E-state index contributed by atoms with van der Waals surface area (Å²) < 4.78 is 1.52. The van der Waals surface area contributed by atoms with E-state index in [0.717, 1.165) is 11.1 Å². The molecular weight excluding hydrogens is 294 g/mol. The van der Waals surface area contributed by atoms with Gasteiger partial charge in [0.15, 0.2) is 5.65 Å². The van der Waals surface area contributed by atoms with Crippen LogP contribution < -0.4 is 10.9 Å². The Morgan fingerprint density at radius 1 is 1.30 bits per heavy atom. The van der Waals surface area contributed by atoms with E-state index >= 15 is 0 Å². The Bertz CT molecular complexity index is 955. The molecule has 3 rings (SSSR count). The maximum atomic E-state index is 12.5. The van der Waals surface area contributed by atoms with Gasteiger partial charge in [0.25, 0.3) is 11.5 Å². The van der Waals surface area contributed by atoms with Gasteiger partial charge < -0.3 is 5.32 Å². The maximum Gasteiger partial charge on any atom is 0.274 e. The van der Waals surface area contributed by atoms with E-state index in [1.807, 2.05) is 13.0 Å². The lowest BCUT2D eigenvalue weighted by atomic mass is 10.1. The van der Waals surface area contributed by atoms with Crippen LogP contribution in [0.25, 0.3) is 11.0 Å². The highest BCUT2D eigenvalue weighted by Gasteiger charge is 2.17. The van der Waals surface area contributed by atoms with E-state index in [-0.39, 0.29) is 11.5 Å². The number of carbonyl (C=O) groups is 1. The van der Waals surface area contributed by atoms with Crippen LogP contribution in [0, 0.1) is 13.8 Å². The second-order valence-electron chi connectivity index (χ2n) is 5.56. The Kier molecular flexibility index (Phi) is 3.69. The predicted molar refractivity (Wildman–Crippen MR) is 86.2 cm³/mol. The van der Waals surface area contributed by atoms with Crippen molar-refractivity contribution in [3.8, 4) is 0 Å². The van der Waals surface area contributed by atoms with Gasteiger partial charge >= 0.3 is 0 Å². The summed E-state index contributed by atoms with van der Waals surface area (Å²) in [6.45, 7) is 4.08. The molecule has 0 saturated heterocycles. The van der Waals surface area contributed by atoms with E-state index in [1.54, 1.807) is 32.4 Å². The van der Waals surface area contributed by atoms with E-state index in [0.29, 0.717) is 28.8 Å². The first kappa shape index (κ1) is 15.0. The highest BCUT2D eigenvalue weighted by molar-refractivity contribution is 6.05. The average Bonchev–Trinajstić information content (AvgIpc) is 2.79. The number of H-pyrrole nitrogens is 1. The largest absolute Gasteiger partial charge is 0.348 e. The van der Waals surface area contributed by atoms with Crippen LogP contribution in [0.1, 0.15) is 27.2 Å². The molecule has 0 atom stereocenters. The Balaban J connectivity index is 1.93. The van der Waals surface area contributed by atoms with Crippen LogP contribution in [0.5, 0.6) is 0 Å². The number of aromatic nitrogens is 4. The zero-order chi connectivity index (χ0) is 16.6. The third kappa shape index (κ3) is 2.85. The second kappa shape index (κ2) is 5.68. The Morgan fingerprint density at radius 3 is 2.83 bits per heavy atom. The summed E-state index contributed by atoms with van der Waals surface area (Å²) >= 11 is 0. The topological polar surface area (TPSA) is 92.7 Å². The van der Waals surface area contributed by atoms with Crippen molar-refractivity contribution in [2.24, 2.45) is 7.05 Å². The fourth-order valence-electron chi connectivity index (χ4n) is 2.56. The molecule has 118 valence electrons. The van der Waals surface area contributed by atoms with Crippen molar-refractivity contribution < 1.29 is 4.79 Å². The van der Waals surface area contributed by atoms with Gasteiger partial charge in [-0.1, -0.05) is 6.07 Å². The molecular formula is C16H17N5O2. The van der Waals surface area contributed by atoms with E-state index < -0.39 is 0 Å². The van der Waals surface area contributed by atoms with Crippen LogP contribution >= 0.6 is 0 Å². The summed E-state index contributed by atoms with van der Waals surface area (Å²) in [5.74, 6) is -0.307. The molecule has 0 saturated carbocycles. The minimum atomic E-state index is -0.322. The molecule has 0 aromatic carbocycles. The van der Waals surface area contributed by atoms with Crippen LogP contribution in [0.15, 0.2) is 29.3 Å². The predicted octanol–water partition coefficient (Wildman–Crippen LogP) is 1.20. The summed E-state index contributed by atoms with van der Waals surface area (Å²) in [7, 11) is 1.69. The molecule has 7 nitrogen and oxygen atoms in total. The number of aromatic amines is 1. The van der Waals surface area contributed by atoms with E-state index in [9.17, 15) is 9.59 Å². The number of hydrogen-bond donors (Lipinski definition) is 2. The number of nitrogens with zero attached hydrogens (tertiary/aromatic N) is 3. The Morgan fingerprint density at radius 2 is 2.09 bits per heavy atom. The molecule has 0 aliphatic carbocycles. The van der Waals surface area contributed by atoms with E-state index in [2.05, 4.69) is 20.4 Å². The van der Waals surface area contributed by atoms with Crippen molar-refractivity contribution >= 4 is 16.9 Å². The van der Waals surface area contributed by atoms with Crippen molar-refractivity contribution in [1.82, 2.24) is 25.1 Å². The second-order valence-corrected chi connectivity index (χ2v) is 5.56. The Hall–Kier alpha value is -2.96. The first-order valence-corrected chi connectivity index (χ1v) is 7.21. The lowest BCUT2D eigenvalue weighted by Gasteiger charge is -2.07. The number of hydrogen-bond acceptors (Lipinski definition) is 4. The number of nitrogens with one attached hydrogen (secondary N) is 2. The normalized spacial score (nSPS) is 10.9. The Labute approximate surface area is 132 Å². The SMILES string of the molecule is Cc1cncc(CNC(=O)c2cc(C)nc3c2c(=O)[nH]n3C)c1. The van der Waals surface area contributed by atoms with Crippen molar-refractivity contribution in [2.45, 2.75) is 20.4 Å². The smallest absolute Gasteiger partial charge is 0.274 e. The lowest BCUT2D eigenvalue weighted by Crippen LogP contribution is -2.24. The van der Waals surface area contributed by atoms with Gasteiger partial charge in [0, 0.05) is 31.7 Å². The molecule has 0 bridgehead atoms. The van der Waals surface area contributed by atoms with Gasteiger partial charge in [-0.05, 0) is 31.0 Å². The first-order valence-electron chi connectivity index (χ1n) is 7.21. The zero-order valence-corrected chi connectivity index (χ0v) is 13.2. The molecule has 1 amide bonds. The third-order valence-electron chi connectivity index (χ3n) is 3.57. The quantitative estimate of drug-likeness (QED) is 0.760. The van der Waals surface area contributed by atoms with Crippen LogP contribution in [0.3, 0.4) is 0 Å². The molecule has 3 aromatic heterocycles. The number of amides is 1. The summed E-state index contributed by atoms with van der Waals surface area (Å²) in [4.78, 5) is 33.0. The molecule has 3 heterocycles. The van der Waals surface area contributed by atoms with Crippen molar-refractivity contribution in [3.63, 3.8) is 0 Å². The van der Waals surface area contributed by atoms with Gasteiger partial charge in [-0.2, -0.15) is 0 Å². The van der Waals surface area contributed by atoms with E-state index in [1.165, 1.54) is 4.68 Å². The first-order chi connectivity index (χ1) is 11.0. The fraction of sp³-hybridized carbons (Fsp3) is 0.250. The van der Waals surface area contributed by atoms with Crippen molar-refractivity contribution in [1.29, 1.82) is 0 Å². The highest BCUT2D eigenvalue weighted by atomic mass is 16.2. The molecule has 2 N–H and O–H groups in total. The monoisotopic (exact) mass is 311 g/mol. The molecule has 0 unspecified atom stereocenters. The number of aryl methyl sites for hydroxylation is 3. The minimum Gasteiger partial charge on any atom is -0.348 e. The number of fused-ring (bicyclic) bond motifs is 1.